The van der Waals surface area contributed by atoms with Crippen molar-refractivity contribution in [3.05, 3.63) is 34.9 Å². The molecule has 7 fully saturated rings. The van der Waals surface area contributed by atoms with E-state index in [4.69, 9.17) is 42.6 Å². The van der Waals surface area contributed by atoms with E-state index >= 15 is 0 Å². The summed E-state index contributed by atoms with van der Waals surface area (Å²) < 4.78 is 54.9. The van der Waals surface area contributed by atoms with Crippen LogP contribution < -0.4 is 0 Å². The smallest absolute Gasteiger partial charge is 0.335 e. The molecule has 4 saturated carbocycles. The molecule has 0 amide bonds. The van der Waals surface area contributed by atoms with Crippen molar-refractivity contribution in [3.63, 3.8) is 0 Å². The Balaban J connectivity index is 1.14. The van der Waals surface area contributed by atoms with Crippen LogP contribution in [0, 0.1) is 56.2 Å². The van der Waals surface area contributed by atoms with Gasteiger partial charge in [0.2, 0.25) is 0 Å². The molecule has 0 aromatic heterocycles. The molecule has 5 aliphatic carbocycles. The first kappa shape index (κ1) is 69.3. The molecule has 0 aromatic rings. The third-order valence-corrected chi connectivity index (χ3v) is 22.7. The van der Waals surface area contributed by atoms with Crippen LogP contribution in [0.25, 0.3) is 0 Å². The van der Waals surface area contributed by atoms with Gasteiger partial charge in [0.15, 0.2) is 31.1 Å². The molecule has 8 rings (SSSR count). The Hall–Kier alpha value is -3.58. The second kappa shape index (κ2) is 25.5. The molecule has 0 radical (unpaired) electrons. The normalized spacial score (nSPS) is 46.9. The molecule has 0 bridgehead atoms. The van der Waals surface area contributed by atoms with Crippen LogP contribution in [0.2, 0.25) is 0 Å². The summed E-state index contributed by atoms with van der Waals surface area (Å²) in [6.45, 7) is 21.4. The molecule has 3 saturated heterocycles. The van der Waals surface area contributed by atoms with Crippen molar-refractivity contribution in [2.75, 3.05) is 19.8 Å². The second-order valence-electron chi connectivity index (χ2n) is 28.0. The zero-order valence-electron chi connectivity index (χ0n) is 52.1. The standard InChI is InChI=1S/C62H96O25/c1-14-26(3)51(76)80-29(6)28(5)53(78)87-49-48(86-52(77)27(4)15-2)57(7,8)22-31-30-16-17-35-59(11)20-19-36(58(9,10)34(59)18-21-60(35,12)61(30,13)46(72)47(73)62(31,49)25-64)82-56-45(85-55-41(70)39(68)38(67)33(23-63)81-55)43(42(71)44(84-56)50(74)75)83-54-40(69)37(66)32(65)24-79-54/h14-16,28-29,31-49,54-56,63-73H,17-25H2,1-13H3,(H,74,75)/b26-14-,27-15-/t28?,29?,31?,32-,33?,34?,35?,36+,37-,38+,39-,40?,41?,42+,43-,44?,45?,46+,47-,48+,49+,54+,55+,56-,59+,60-,61+,62+/m1/s1. The van der Waals surface area contributed by atoms with E-state index in [9.17, 15) is 80.5 Å². The van der Waals surface area contributed by atoms with Gasteiger partial charge in [0.25, 0.3) is 0 Å². The molecule has 3 heterocycles. The minimum Gasteiger partial charge on any atom is -0.479 e. The summed E-state index contributed by atoms with van der Waals surface area (Å²) in [7, 11) is 0. The molecule has 8 aliphatic rings. The van der Waals surface area contributed by atoms with Gasteiger partial charge < -0.3 is 104 Å². The number of fused-ring (bicyclic) bond motifs is 7. The summed E-state index contributed by atoms with van der Waals surface area (Å²) in [5, 5.41) is 135. The maximum atomic E-state index is 14.5. The molecular weight excluding hydrogens is 1140 g/mol. The number of hydrogen-bond acceptors (Lipinski definition) is 24. The maximum Gasteiger partial charge on any atom is 0.335 e. The first-order valence-corrected chi connectivity index (χ1v) is 30.6. The summed E-state index contributed by atoms with van der Waals surface area (Å²) in [6, 6.07) is 0. The Morgan fingerprint density at radius 2 is 1.31 bits per heavy atom. The highest BCUT2D eigenvalue weighted by molar-refractivity contribution is 5.88. The Morgan fingerprint density at radius 3 is 1.92 bits per heavy atom. The van der Waals surface area contributed by atoms with Crippen LogP contribution in [0.3, 0.4) is 0 Å². The van der Waals surface area contributed by atoms with Crippen molar-refractivity contribution < 1.29 is 123 Å². The minimum atomic E-state index is -2.15. The molecule has 25 heteroatoms. The second-order valence-corrected chi connectivity index (χ2v) is 28.0. The predicted octanol–water partition coefficient (Wildman–Crippen LogP) is 0.831. The van der Waals surface area contributed by atoms with E-state index in [0.29, 0.717) is 31.3 Å². The molecule has 494 valence electrons. The van der Waals surface area contributed by atoms with E-state index in [1.807, 2.05) is 34.6 Å². The lowest BCUT2D eigenvalue weighted by atomic mass is 9.32. The summed E-state index contributed by atoms with van der Waals surface area (Å²) in [6.07, 6.45) is -26.4. The number of carboxylic acid groups (broad SMARTS) is 1. The average Bonchev–Trinajstić information content (AvgIpc) is 0.666. The SMILES string of the molecule is C/C=C(/C)C(=O)OC(C)C(C)C(=O)O[C@H]1[C@H](OC(=O)/C(C)=C\C)C(C)(C)CC2C3=CCC4[C@@]5(C)CC[C@H](O[C@@H]6OC(C(=O)O)[C@@H](O)[C@@H](O[C@@H]7OC[C@@H](O)[C@@H](O)C7O)C6O[C@@H]6OC(CO)[C@H](O)[C@@H](O)C6O)C(C)(C)C5CC[C@@]4(C)[C@]3(C)[C@@H](O)[C@@H](O)[C@]21CO. The third kappa shape index (κ3) is 11.5. The number of ether oxygens (including phenoxy) is 9. The number of allylic oxidation sites excluding steroid dienone is 3. The fraction of sp³-hybridized carbons (Fsp3) is 0.839. The number of aliphatic hydroxyl groups is 11. The Kier molecular flexibility index (Phi) is 20.3. The quantitative estimate of drug-likeness (QED) is 0.0335. The average molecular weight is 1240 g/mol. The van der Waals surface area contributed by atoms with E-state index < -0.39 is 211 Å². The van der Waals surface area contributed by atoms with Gasteiger partial charge in [-0.2, -0.15) is 0 Å². The van der Waals surface area contributed by atoms with E-state index in [1.165, 1.54) is 6.92 Å². The number of rotatable bonds is 16. The van der Waals surface area contributed by atoms with Crippen LogP contribution in [-0.2, 0) is 61.8 Å². The summed E-state index contributed by atoms with van der Waals surface area (Å²) in [4.78, 5) is 54.1. The van der Waals surface area contributed by atoms with Crippen molar-refractivity contribution in [2.45, 2.75) is 251 Å². The molecule has 10 unspecified atom stereocenters. The fourth-order valence-corrected chi connectivity index (χ4v) is 16.7. The number of carbonyl (C=O) groups is 4. The monoisotopic (exact) mass is 1240 g/mol. The van der Waals surface area contributed by atoms with Crippen LogP contribution in [0.1, 0.15) is 129 Å². The van der Waals surface area contributed by atoms with Gasteiger partial charge in [0, 0.05) is 22.0 Å². The van der Waals surface area contributed by atoms with Crippen LogP contribution >= 0.6 is 0 Å². The van der Waals surface area contributed by atoms with Crippen molar-refractivity contribution in [1.82, 2.24) is 0 Å². The number of carbonyl (C=O) groups excluding carboxylic acids is 3. The zero-order chi connectivity index (χ0) is 64.7. The van der Waals surface area contributed by atoms with Gasteiger partial charge in [0.1, 0.15) is 73.2 Å². The topological polar surface area (TPSA) is 394 Å². The lowest BCUT2D eigenvalue weighted by Gasteiger charge is -2.73. The number of aliphatic carboxylic acids is 1. The van der Waals surface area contributed by atoms with E-state index in [2.05, 4.69) is 19.9 Å². The van der Waals surface area contributed by atoms with Crippen LogP contribution in [0.4, 0.5) is 0 Å². The number of esters is 3. The molecule has 0 aromatic carbocycles. The molecular formula is C62H96O25. The first-order valence-electron chi connectivity index (χ1n) is 30.6. The van der Waals surface area contributed by atoms with Crippen LogP contribution in [0.5, 0.6) is 0 Å². The Labute approximate surface area is 507 Å². The van der Waals surface area contributed by atoms with Crippen molar-refractivity contribution in [3.8, 4) is 0 Å². The van der Waals surface area contributed by atoms with Gasteiger partial charge in [-0.1, -0.05) is 72.3 Å². The van der Waals surface area contributed by atoms with E-state index in [1.54, 1.807) is 46.8 Å². The summed E-state index contributed by atoms with van der Waals surface area (Å²) >= 11 is 0. The number of hydrogen-bond donors (Lipinski definition) is 12. The Morgan fingerprint density at radius 1 is 0.690 bits per heavy atom. The molecule has 3 aliphatic heterocycles. The predicted molar refractivity (Wildman–Crippen MR) is 301 cm³/mol. The molecule has 28 atom stereocenters. The molecule has 0 spiro atoms. The van der Waals surface area contributed by atoms with Crippen LogP contribution in [-0.4, -0.2) is 228 Å². The molecule has 87 heavy (non-hydrogen) atoms. The van der Waals surface area contributed by atoms with Gasteiger partial charge >= 0.3 is 23.9 Å². The Bertz CT molecular complexity index is 2620. The highest BCUT2D eigenvalue weighted by Gasteiger charge is 2.76. The highest BCUT2D eigenvalue weighted by atomic mass is 16.8. The largest absolute Gasteiger partial charge is 0.479 e. The molecule has 25 nitrogen and oxygen atoms in total. The first-order chi connectivity index (χ1) is 40.5. The maximum absolute atomic E-state index is 14.5. The summed E-state index contributed by atoms with van der Waals surface area (Å²) in [5.41, 5.74) is -4.86. The highest BCUT2D eigenvalue weighted by Crippen LogP contribution is 2.76. The third-order valence-electron chi connectivity index (χ3n) is 22.7. The lowest BCUT2D eigenvalue weighted by molar-refractivity contribution is -0.392. The molecule has 12 N–H and O–H groups in total. The van der Waals surface area contributed by atoms with Gasteiger partial charge in [-0.15, -0.1) is 0 Å². The van der Waals surface area contributed by atoms with Gasteiger partial charge in [0.05, 0.1) is 49.5 Å². The van der Waals surface area contributed by atoms with Crippen molar-refractivity contribution in [1.29, 1.82) is 0 Å². The fourth-order valence-electron chi connectivity index (χ4n) is 16.7. The lowest BCUT2D eigenvalue weighted by Crippen LogP contribution is -2.76. The number of aliphatic hydroxyl groups excluding tert-OH is 11. The van der Waals surface area contributed by atoms with Gasteiger partial charge in [-0.05, 0) is 114 Å². The summed E-state index contributed by atoms with van der Waals surface area (Å²) in [5.74, 6) is -6.10. The van der Waals surface area contributed by atoms with E-state index in [-0.39, 0.29) is 30.3 Å². The van der Waals surface area contributed by atoms with Gasteiger partial charge in [-0.3, -0.25) is 4.79 Å². The van der Waals surface area contributed by atoms with Crippen molar-refractivity contribution in [2.24, 2.45) is 56.2 Å². The van der Waals surface area contributed by atoms with Crippen LogP contribution in [0.15, 0.2) is 34.9 Å². The number of carboxylic acids is 1. The zero-order valence-corrected chi connectivity index (χ0v) is 52.1. The minimum absolute atomic E-state index is 0.193. The van der Waals surface area contributed by atoms with Gasteiger partial charge in [-0.25, -0.2) is 14.4 Å². The van der Waals surface area contributed by atoms with E-state index in [0.717, 1.165) is 5.57 Å². The van der Waals surface area contributed by atoms with Crippen molar-refractivity contribution >= 4 is 23.9 Å².